The van der Waals surface area contributed by atoms with Crippen molar-refractivity contribution < 1.29 is 14.2 Å². The highest BCUT2D eigenvalue weighted by Crippen LogP contribution is 2.16. The molecule has 1 heterocycles. The minimum absolute atomic E-state index is 0.0213. The van der Waals surface area contributed by atoms with Crippen LogP contribution in [0.25, 0.3) is 10.9 Å². The van der Waals surface area contributed by atoms with Crippen LogP contribution in [0.4, 0.5) is 0 Å². The highest BCUT2D eigenvalue weighted by atomic mass is 16.1. The maximum absolute atomic E-state index is 13.2. The van der Waals surface area contributed by atoms with Gasteiger partial charge in [-0.1, -0.05) is 139 Å². The van der Waals surface area contributed by atoms with Crippen LogP contribution in [-0.4, -0.2) is 11.6 Å². The number of para-hydroxylation sites is 1. The number of pyridine rings is 1. The lowest BCUT2D eigenvalue weighted by molar-refractivity contribution is -0.659. The molecule has 1 aromatic heterocycles. The number of carbonyl (C=O) groups is 2. The second kappa shape index (κ2) is 17.7. The quantitative estimate of drug-likeness (QED) is 0.0855. The van der Waals surface area contributed by atoms with E-state index in [-0.39, 0.29) is 18.1 Å². The van der Waals surface area contributed by atoms with Crippen LogP contribution >= 0.6 is 0 Å². The minimum atomic E-state index is 0.0213. The lowest BCUT2D eigenvalue weighted by atomic mass is 10.0. The van der Waals surface area contributed by atoms with Gasteiger partial charge in [-0.15, -0.1) is 0 Å². The summed E-state index contributed by atoms with van der Waals surface area (Å²) >= 11 is 0. The van der Waals surface area contributed by atoms with Crippen molar-refractivity contribution in [2.24, 2.45) is 0 Å². The van der Waals surface area contributed by atoms with E-state index in [1.807, 2.05) is 71.3 Å². The van der Waals surface area contributed by atoms with Gasteiger partial charge in [-0.2, -0.15) is 4.57 Å². The van der Waals surface area contributed by atoms with Gasteiger partial charge in [0.25, 0.3) is 0 Å². The van der Waals surface area contributed by atoms with Crippen molar-refractivity contribution in [2.75, 3.05) is 0 Å². The number of unbranched alkanes of at least 4 members (excludes halogenated alkanes) is 14. The molecule has 0 spiro atoms. The van der Waals surface area contributed by atoms with E-state index in [0.29, 0.717) is 17.7 Å². The molecule has 0 amide bonds. The Morgan fingerprint density at radius 3 is 1.68 bits per heavy atom. The van der Waals surface area contributed by atoms with Crippen molar-refractivity contribution in [1.82, 2.24) is 0 Å². The number of fused-ring (bicyclic) bond motifs is 1. The fraction of sp³-hybridized carbons (Fsp3) is 0.514. The maximum atomic E-state index is 13.2. The van der Waals surface area contributed by atoms with E-state index < -0.39 is 0 Å². The van der Waals surface area contributed by atoms with Crippen LogP contribution in [0, 0.1) is 0 Å². The van der Waals surface area contributed by atoms with Crippen LogP contribution in [0.1, 0.15) is 131 Å². The van der Waals surface area contributed by atoms with Crippen LogP contribution in [0.5, 0.6) is 0 Å². The molecule has 0 atom stereocenters. The van der Waals surface area contributed by atoms with Crippen LogP contribution in [0.15, 0.2) is 66.7 Å². The molecule has 0 saturated heterocycles. The Morgan fingerprint density at radius 2 is 1.08 bits per heavy atom. The maximum Gasteiger partial charge on any atom is 0.249 e. The van der Waals surface area contributed by atoms with Gasteiger partial charge in [0.1, 0.15) is 0 Å². The third-order valence-corrected chi connectivity index (χ3v) is 7.63. The molecular weight excluding hydrogens is 466 g/mol. The van der Waals surface area contributed by atoms with Crippen molar-refractivity contribution in [3.05, 3.63) is 78.0 Å². The fourth-order valence-electron chi connectivity index (χ4n) is 5.32. The van der Waals surface area contributed by atoms with E-state index in [2.05, 4.69) is 6.92 Å². The van der Waals surface area contributed by atoms with Gasteiger partial charge < -0.3 is 0 Å². The molecule has 0 radical (unpaired) electrons. The summed E-state index contributed by atoms with van der Waals surface area (Å²) in [6.07, 6.45) is 20.2. The number of carbonyl (C=O) groups excluding carboxylic acids is 2. The molecule has 0 unspecified atom stereocenters. The number of ketones is 2. The van der Waals surface area contributed by atoms with Crippen LogP contribution in [0.2, 0.25) is 0 Å². The van der Waals surface area contributed by atoms with E-state index in [9.17, 15) is 9.59 Å². The number of benzene rings is 2. The second-order valence-corrected chi connectivity index (χ2v) is 10.8. The van der Waals surface area contributed by atoms with Crippen LogP contribution < -0.4 is 4.57 Å². The molecule has 2 aromatic carbocycles. The summed E-state index contributed by atoms with van der Waals surface area (Å²) < 4.78 is 1.91. The van der Waals surface area contributed by atoms with E-state index >= 15 is 0 Å². The summed E-state index contributed by atoms with van der Waals surface area (Å²) in [5.74, 6) is 0.152. The number of aromatic nitrogens is 1. The lowest BCUT2D eigenvalue weighted by Crippen LogP contribution is -2.44. The van der Waals surface area contributed by atoms with Crippen molar-refractivity contribution >= 4 is 22.5 Å². The summed E-state index contributed by atoms with van der Waals surface area (Å²) in [6.45, 7) is 2.45. The molecule has 3 aromatic rings. The second-order valence-electron chi connectivity index (χ2n) is 10.8. The highest BCUT2D eigenvalue weighted by Gasteiger charge is 2.24. The summed E-state index contributed by atoms with van der Waals surface area (Å²) in [5, 5.41) is 1.04. The van der Waals surface area contributed by atoms with E-state index in [1.54, 1.807) is 0 Å². The number of rotatable bonds is 20. The van der Waals surface area contributed by atoms with Gasteiger partial charge in [0, 0.05) is 29.5 Å². The van der Waals surface area contributed by atoms with E-state index in [1.165, 1.54) is 83.5 Å². The first-order valence-electron chi connectivity index (χ1n) is 15.2. The first kappa shape index (κ1) is 29.7. The molecule has 204 valence electrons. The molecule has 0 aliphatic carbocycles. The Morgan fingerprint density at radius 1 is 0.553 bits per heavy atom. The van der Waals surface area contributed by atoms with Gasteiger partial charge in [-0.3, -0.25) is 9.59 Å². The zero-order valence-electron chi connectivity index (χ0n) is 23.6. The predicted octanol–water partition coefficient (Wildman–Crippen LogP) is 9.45. The monoisotopic (exact) mass is 514 g/mol. The largest absolute Gasteiger partial charge is 0.287 e. The molecule has 0 aliphatic rings. The average molecular weight is 515 g/mol. The Bertz CT molecular complexity index is 1110. The first-order valence-corrected chi connectivity index (χ1v) is 15.2. The van der Waals surface area contributed by atoms with Gasteiger partial charge in [0.05, 0.1) is 0 Å². The molecule has 3 nitrogen and oxygen atoms in total. The average Bonchev–Trinajstić information content (AvgIpc) is 2.95. The molecular formula is C35H48NO2+. The van der Waals surface area contributed by atoms with Gasteiger partial charge in [-0.05, 0) is 18.6 Å². The molecule has 0 N–H and O–H groups in total. The summed E-state index contributed by atoms with van der Waals surface area (Å²) in [5.41, 5.74) is 2.24. The van der Waals surface area contributed by atoms with Crippen molar-refractivity contribution in [3.63, 3.8) is 0 Å². The number of hydrogen-bond acceptors (Lipinski definition) is 2. The van der Waals surface area contributed by atoms with Crippen LogP contribution in [-0.2, 0) is 6.54 Å². The van der Waals surface area contributed by atoms with Crippen LogP contribution in [0.3, 0.4) is 0 Å². The van der Waals surface area contributed by atoms with Gasteiger partial charge in [-0.25, -0.2) is 0 Å². The molecule has 0 bridgehead atoms. The molecule has 3 rings (SSSR count). The van der Waals surface area contributed by atoms with Crippen molar-refractivity contribution in [2.45, 2.75) is 116 Å². The fourth-order valence-corrected chi connectivity index (χ4v) is 5.32. The molecule has 0 aliphatic heterocycles. The first-order chi connectivity index (χ1) is 18.7. The smallest absolute Gasteiger partial charge is 0.249 e. The number of Topliss-reactive ketones (excluding diaryl/α,β-unsaturated/α-hetero) is 2. The SMILES string of the molecule is CCCCCCCCCCCCCCCCCC(=O)c1ccc2ccccc2[n+]1CC(=O)c1ccccc1. The molecule has 3 heteroatoms. The summed E-state index contributed by atoms with van der Waals surface area (Å²) in [4.78, 5) is 26.2. The summed E-state index contributed by atoms with van der Waals surface area (Å²) in [6, 6.07) is 21.2. The van der Waals surface area contributed by atoms with Crippen molar-refractivity contribution in [1.29, 1.82) is 0 Å². The van der Waals surface area contributed by atoms with Gasteiger partial charge >= 0.3 is 0 Å². The Balaban J connectivity index is 1.38. The van der Waals surface area contributed by atoms with Crippen molar-refractivity contribution in [3.8, 4) is 0 Å². The zero-order valence-corrected chi connectivity index (χ0v) is 23.6. The zero-order chi connectivity index (χ0) is 26.8. The third kappa shape index (κ3) is 10.2. The van der Waals surface area contributed by atoms with E-state index in [4.69, 9.17) is 0 Å². The summed E-state index contributed by atoms with van der Waals surface area (Å²) in [7, 11) is 0. The molecule has 38 heavy (non-hydrogen) atoms. The Kier molecular flexibility index (Phi) is 13.8. The normalized spacial score (nSPS) is 11.2. The molecule has 0 fully saturated rings. The molecule has 0 saturated carbocycles. The van der Waals surface area contributed by atoms with Gasteiger partial charge in [0.15, 0.2) is 0 Å². The standard InChI is InChI=1S/C35H48NO2/c1-2-3-4-5-6-7-8-9-10-11-12-13-14-15-19-26-34(37)33-28-27-30-22-20-21-25-32(30)36(33)29-35(38)31-23-17-16-18-24-31/h16-18,20-25,27-28H,2-15,19,26,29H2,1H3/q+1. The Hall–Kier alpha value is -2.81. The topological polar surface area (TPSA) is 38.0 Å². The predicted molar refractivity (Wildman–Crippen MR) is 159 cm³/mol. The third-order valence-electron chi connectivity index (χ3n) is 7.63. The number of nitrogens with zero attached hydrogens (tertiary/aromatic N) is 1. The minimum Gasteiger partial charge on any atom is -0.287 e. The Labute approximate surface area is 230 Å². The lowest BCUT2D eigenvalue weighted by Gasteiger charge is -2.07. The number of hydrogen-bond donors (Lipinski definition) is 0. The van der Waals surface area contributed by atoms with Gasteiger partial charge in [0.2, 0.25) is 29.3 Å². The highest BCUT2D eigenvalue weighted by molar-refractivity contribution is 5.97. The van der Waals surface area contributed by atoms with E-state index in [0.717, 1.165) is 23.7 Å².